The van der Waals surface area contributed by atoms with Crippen molar-refractivity contribution in [3.8, 4) is 0 Å². The number of para-hydroxylation sites is 1. The molecule has 9 nitrogen and oxygen atoms in total. The molecule has 29 heavy (non-hydrogen) atoms. The highest BCUT2D eigenvalue weighted by atomic mass is 32.1. The van der Waals surface area contributed by atoms with Crippen molar-refractivity contribution >= 4 is 40.0 Å². The van der Waals surface area contributed by atoms with Crippen LogP contribution in [-0.4, -0.2) is 45.6 Å². The third kappa shape index (κ3) is 6.47. The summed E-state index contributed by atoms with van der Waals surface area (Å²) in [5.41, 5.74) is 0.767. The molecule has 2 aromatic heterocycles. The first kappa shape index (κ1) is 20.6. The Kier molecular flexibility index (Phi) is 7.04. The maximum absolute atomic E-state index is 12.2. The highest BCUT2D eigenvalue weighted by molar-refractivity contribution is 7.15. The van der Waals surface area contributed by atoms with Gasteiger partial charge in [-0.3, -0.25) is 10.1 Å². The Labute approximate surface area is 173 Å². The lowest BCUT2D eigenvalue weighted by atomic mass is 10.3. The summed E-state index contributed by atoms with van der Waals surface area (Å²) in [5, 5.41) is 9.71. The molecule has 0 saturated heterocycles. The number of hydrogen-bond acceptors (Lipinski definition) is 9. The molecule has 0 aliphatic rings. The predicted octanol–water partition coefficient (Wildman–Crippen LogP) is 3.01. The second kappa shape index (κ2) is 9.89. The molecule has 1 amide bonds. The van der Waals surface area contributed by atoms with Crippen LogP contribution in [0.4, 0.5) is 22.7 Å². The number of carbonyl (C=O) groups excluding carboxylic acids is 1. The number of anilines is 4. The maximum atomic E-state index is 12.2. The minimum Gasteiger partial charge on any atom is -0.383 e. The Morgan fingerprint density at radius 3 is 2.69 bits per heavy atom. The van der Waals surface area contributed by atoms with E-state index in [-0.39, 0.29) is 18.4 Å². The van der Waals surface area contributed by atoms with Crippen molar-refractivity contribution in [3.63, 3.8) is 0 Å². The molecule has 1 atom stereocenters. The number of amides is 1. The van der Waals surface area contributed by atoms with Crippen LogP contribution >= 0.6 is 11.3 Å². The van der Waals surface area contributed by atoms with Gasteiger partial charge in [-0.25, -0.2) is 4.98 Å². The summed E-state index contributed by atoms with van der Waals surface area (Å²) in [6, 6.07) is 9.41. The van der Waals surface area contributed by atoms with Crippen molar-refractivity contribution in [1.82, 2.24) is 19.9 Å². The van der Waals surface area contributed by atoms with Crippen molar-refractivity contribution in [2.24, 2.45) is 0 Å². The second-order valence-electron chi connectivity index (χ2n) is 6.38. The molecule has 1 unspecified atom stereocenters. The average Bonchev–Trinajstić information content (AvgIpc) is 3.08. The monoisotopic (exact) mass is 413 g/mol. The van der Waals surface area contributed by atoms with Crippen molar-refractivity contribution in [2.75, 3.05) is 29.7 Å². The summed E-state index contributed by atoms with van der Waals surface area (Å²) in [7, 11) is 1.64. The summed E-state index contributed by atoms with van der Waals surface area (Å²) in [6.07, 6.45) is 1.91. The lowest BCUT2D eigenvalue weighted by Gasteiger charge is -2.13. The Bertz CT molecular complexity index is 949. The first-order valence-corrected chi connectivity index (χ1v) is 9.88. The van der Waals surface area contributed by atoms with Gasteiger partial charge in [0.15, 0.2) is 5.13 Å². The van der Waals surface area contributed by atoms with Gasteiger partial charge in [0, 0.05) is 29.9 Å². The van der Waals surface area contributed by atoms with Crippen LogP contribution in [-0.2, 0) is 16.0 Å². The fourth-order valence-corrected chi connectivity index (χ4v) is 3.35. The highest BCUT2D eigenvalue weighted by Crippen LogP contribution is 2.22. The molecule has 152 valence electrons. The van der Waals surface area contributed by atoms with E-state index in [1.165, 1.54) is 11.3 Å². The molecule has 0 aliphatic carbocycles. The summed E-state index contributed by atoms with van der Waals surface area (Å²) < 4.78 is 5.11. The van der Waals surface area contributed by atoms with E-state index in [0.29, 0.717) is 29.5 Å². The first-order chi connectivity index (χ1) is 14.0. The van der Waals surface area contributed by atoms with Gasteiger partial charge in [0.05, 0.1) is 13.0 Å². The van der Waals surface area contributed by atoms with Crippen LogP contribution in [0.15, 0.2) is 36.5 Å². The Morgan fingerprint density at radius 2 is 1.93 bits per heavy atom. The minimum absolute atomic E-state index is 0.0595. The van der Waals surface area contributed by atoms with Crippen molar-refractivity contribution in [3.05, 3.63) is 47.2 Å². The van der Waals surface area contributed by atoms with Crippen molar-refractivity contribution < 1.29 is 9.53 Å². The zero-order chi connectivity index (χ0) is 20.6. The predicted molar refractivity (Wildman–Crippen MR) is 114 cm³/mol. The van der Waals surface area contributed by atoms with E-state index < -0.39 is 0 Å². The fourth-order valence-electron chi connectivity index (χ4n) is 2.54. The molecule has 0 fully saturated rings. The first-order valence-electron chi connectivity index (χ1n) is 9.06. The Hall–Kier alpha value is -3.11. The number of nitrogens with zero attached hydrogens (tertiary/aromatic N) is 4. The van der Waals surface area contributed by atoms with Gasteiger partial charge < -0.3 is 15.4 Å². The van der Waals surface area contributed by atoms with E-state index in [9.17, 15) is 4.79 Å². The van der Waals surface area contributed by atoms with Crippen LogP contribution in [0.5, 0.6) is 0 Å². The Morgan fingerprint density at radius 1 is 1.17 bits per heavy atom. The summed E-state index contributed by atoms with van der Waals surface area (Å²) in [6.45, 7) is 4.30. The number of benzene rings is 1. The van der Waals surface area contributed by atoms with E-state index in [1.54, 1.807) is 20.2 Å². The van der Waals surface area contributed by atoms with Gasteiger partial charge in [-0.2, -0.15) is 15.0 Å². The number of aromatic nitrogens is 4. The van der Waals surface area contributed by atoms with Crippen LogP contribution in [0.1, 0.15) is 17.6 Å². The van der Waals surface area contributed by atoms with Crippen LogP contribution in [0.25, 0.3) is 0 Å². The minimum atomic E-state index is -0.0963. The number of thiazole rings is 1. The topological polar surface area (TPSA) is 114 Å². The number of ether oxygens (including phenoxy) is 1. The van der Waals surface area contributed by atoms with Gasteiger partial charge >= 0.3 is 0 Å². The van der Waals surface area contributed by atoms with E-state index >= 15 is 0 Å². The van der Waals surface area contributed by atoms with Crippen LogP contribution in [0.3, 0.4) is 0 Å². The molecule has 3 N–H and O–H groups in total. The van der Waals surface area contributed by atoms with Gasteiger partial charge in [0.2, 0.25) is 17.8 Å². The van der Waals surface area contributed by atoms with E-state index in [4.69, 9.17) is 4.74 Å². The quantitative estimate of drug-likeness (QED) is 0.490. The van der Waals surface area contributed by atoms with Crippen LogP contribution in [0.2, 0.25) is 0 Å². The maximum Gasteiger partial charge on any atom is 0.234 e. The molecule has 10 heteroatoms. The molecule has 1 aromatic carbocycles. The molecular weight excluding hydrogens is 390 g/mol. The normalized spacial score (nSPS) is 11.7. The second-order valence-corrected chi connectivity index (χ2v) is 7.49. The number of hydrogen-bond donors (Lipinski definition) is 3. The molecule has 0 saturated carbocycles. The molecule has 0 radical (unpaired) electrons. The van der Waals surface area contributed by atoms with E-state index in [2.05, 4.69) is 35.9 Å². The number of aryl methyl sites for hydroxylation is 1. The average molecular weight is 414 g/mol. The fraction of sp³-hybridized carbons (Fsp3) is 0.316. The third-order valence-electron chi connectivity index (χ3n) is 3.70. The summed E-state index contributed by atoms with van der Waals surface area (Å²) in [5.74, 6) is 1.33. The number of nitrogens with one attached hydrogen (secondary N) is 3. The van der Waals surface area contributed by atoms with Crippen LogP contribution < -0.4 is 16.0 Å². The molecule has 0 bridgehead atoms. The summed E-state index contributed by atoms with van der Waals surface area (Å²) in [4.78, 5) is 30.3. The Balaban J connectivity index is 1.61. The molecule has 0 spiro atoms. The number of methoxy groups -OCH3 is 1. The molecule has 3 rings (SSSR count). The van der Waals surface area contributed by atoms with Gasteiger partial charge in [0.1, 0.15) is 5.82 Å². The molecule has 0 aliphatic heterocycles. The third-order valence-corrected chi connectivity index (χ3v) is 4.62. The largest absolute Gasteiger partial charge is 0.383 e. The molecule has 2 heterocycles. The van der Waals surface area contributed by atoms with E-state index in [1.807, 2.05) is 37.3 Å². The van der Waals surface area contributed by atoms with E-state index in [0.717, 1.165) is 10.6 Å². The lowest BCUT2D eigenvalue weighted by Crippen LogP contribution is -2.22. The van der Waals surface area contributed by atoms with Gasteiger partial charge in [-0.1, -0.05) is 18.2 Å². The lowest BCUT2D eigenvalue weighted by molar-refractivity contribution is -0.115. The van der Waals surface area contributed by atoms with Crippen molar-refractivity contribution in [1.29, 1.82) is 0 Å². The zero-order valence-electron chi connectivity index (χ0n) is 16.5. The van der Waals surface area contributed by atoms with Gasteiger partial charge in [-0.15, -0.1) is 11.3 Å². The summed E-state index contributed by atoms with van der Waals surface area (Å²) >= 11 is 1.38. The molecule has 3 aromatic rings. The van der Waals surface area contributed by atoms with Crippen LogP contribution in [0, 0.1) is 6.92 Å². The van der Waals surface area contributed by atoms with Gasteiger partial charge in [-0.05, 0) is 26.0 Å². The highest BCUT2D eigenvalue weighted by Gasteiger charge is 2.11. The number of rotatable bonds is 9. The SMILES string of the molecule is COCC(C)Nc1nc(C)nc(Nc2ncc(CC(=O)Nc3ccccc3)s2)n1. The standard InChI is InChI=1S/C19H23N7O2S/c1-12(11-28-3)21-17-22-13(2)23-18(25-17)26-19-20-10-15(29-19)9-16(27)24-14-7-5-4-6-8-14/h4-8,10,12H,9,11H2,1-3H3,(H,24,27)(H2,20,21,22,23,25,26). The smallest absolute Gasteiger partial charge is 0.234 e. The number of carbonyl (C=O) groups is 1. The molecular formula is C19H23N7O2S. The zero-order valence-corrected chi connectivity index (χ0v) is 17.3. The van der Waals surface area contributed by atoms with Crippen molar-refractivity contribution in [2.45, 2.75) is 26.3 Å². The van der Waals surface area contributed by atoms with Gasteiger partial charge in [0.25, 0.3) is 0 Å².